The zero-order chi connectivity index (χ0) is 44.1. The SMILES string of the molecule is CCCCC/C=C\C/C=C\CCCCCCCC(=O)OCCCCN(CCCCCCCC(=O)OC(CCCCCCCC)CCCCCCCC)CC(O)c1ccncc1. The smallest absolute Gasteiger partial charge is 0.306 e. The highest BCUT2D eigenvalue weighted by molar-refractivity contribution is 5.69. The van der Waals surface area contributed by atoms with Crippen LogP contribution in [-0.2, 0) is 19.1 Å². The van der Waals surface area contributed by atoms with Gasteiger partial charge in [0.15, 0.2) is 0 Å². The third kappa shape index (κ3) is 37.7. The van der Waals surface area contributed by atoms with Crippen LogP contribution in [-0.4, -0.2) is 59.3 Å². The number of unbranched alkanes of at least 4 members (excludes halogenated alkanes) is 23. The number of aliphatic hydroxyl groups excluding tert-OH is 1. The summed E-state index contributed by atoms with van der Waals surface area (Å²) in [5, 5.41) is 11.0. The van der Waals surface area contributed by atoms with Gasteiger partial charge in [-0.25, -0.2) is 0 Å². The summed E-state index contributed by atoms with van der Waals surface area (Å²) in [6, 6.07) is 3.76. The highest BCUT2D eigenvalue weighted by atomic mass is 16.5. The lowest BCUT2D eigenvalue weighted by molar-refractivity contribution is -0.150. The summed E-state index contributed by atoms with van der Waals surface area (Å²) in [7, 11) is 0. The first-order chi connectivity index (χ1) is 30.0. The van der Waals surface area contributed by atoms with E-state index in [-0.39, 0.29) is 18.0 Å². The van der Waals surface area contributed by atoms with Gasteiger partial charge in [-0.15, -0.1) is 0 Å². The van der Waals surface area contributed by atoms with Crippen LogP contribution < -0.4 is 0 Å². The fourth-order valence-electron chi connectivity index (χ4n) is 7.95. The average molecular weight is 853 g/mol. The normalized spacial score (nSPS) is 12.4. The number of nitrogens with zero attached hydrogens (tertiary/aromatic N) is 2. The molecule has 0 aliphatic heterocycles. The standard InChI is InChI=1S/C54H96N2O5/c1-4-7-10-13-16-17-18-19-20-21-22-23-24-28-33-40-53(58)60-48-37-36-47-56(49-52(57)50-42-44-55-45-43-50)46-35-30-25-29-34-41-54(59)61-51(38-31-26-14-11-8-5-2)39-32-27-15-12-9-6-3/h16-17,19-20,42-45,51-52,57H,4-15,18,21-41,46-49H2,1-3H3/b17-16-,20-19-. The number of hydrogen-bond acceptors (Lipinski definition) is 7. The molecule has 1 aromatic rings. The van der Waals surface area contributed by atoms with Gasteiger partial charge in [-0.2, -0.15) is 0 Å². The summed E-state index contributed by atoms with van der Waals surface area (Å²) >= 11 is 0. The zero-order valence-corrected chi connectivity index (χ0v) is 40.1. The van der Waals surface area contributed by atoms with Crippen LogP contribution in [0.3, 0.4) is 0 Å². The van der Waals surface area contributed by atoms with Gasteiger partial charge in [-0.1, -0.05) is 161 Å². The van der Waals surface area contributed by atoms with Crippen molar-refractivity contribution in [3.8, 4) is 0 Å². The lowest BCUT2D eigenvalue weighted by Crippen LogP contribution is -2.31. The number of esters is 2. The molecule has 7 nitrogen and oxygen atoms in total. The molecule has 1 heterocycles. The van der Waals surface area contributed by atoms with Gasteiger partial charge in [0, 0.05) is 31.8 Å². The van der Waals surface area contributed by atoms with Crippen molar-refractivity contribution in [2.75, 3.05) is 26.2 Å². The van der Waals surface area contributed by atoms with Gasteiger partial charge in [0.1, 0.15) is 6.10 Å². The van der Waals surface area contributed by atoms with Gasteiger partial charge < -0.3 is 19.5 Å². The zero-order valence-electron chi connectivity index (χ0n) is 40.1. The van der Waals surface area contributed by atoms with Gasteiger partial charge >= 0.3 is 11.9 Å². The summed E-state index contributed by atoms with van der Waals surface area (Å²) in [6.45, 7) is 9.56. The molecule has 352 valence electrons. The van der Waals surface area contributed by atoms with Crippen molar-refractivity contribution in [2.45, 2.75) is 251 Å². The molecule has 0 radical (unpaired) electrons. The van der Waals surface area contributed by atoms with Crippen LogP contribution in [0.15, 0.2) is 48.8 Å². The molecule has 1 rings (SSSR count). The van der Waals surface area contributed by atoms with Crippen LogP contribution in [0, 0.1) is 0 Å². The summed E-state index contributed by atoms with van der Waals surface area (Å²) < 4.78 is 11.6. The molecule has 0 saturated carbocycles. The van der Waals surface area contributed by atoms with Crippen molar-refractivity contribution < 1.29 is 24.2 Å². The first-order valence-corrected chi connectivity index (χ1v) is 25.9. The van der Waals surface area contributed by atoms with E-state index in [1.54, 1.807) is 12.4 Å². The Morgan fingerprint density at radius 2 is 1.03 bits per heavy atom. The molecular formula is C54H96N2O5. The Morgan fingerprint density at radius 1 is 0.574 bits per heavy atom. The monoisotopic (exact) mass is 853 g/mol. The van der Waals surface area contributed by atoms with Crippen molar-refractivity contribution in [3.63, 3.8) is 0 Å². The second-order valence-electron chi connectivity index (χ2n) is 17.7. The summed E-state index contributed by atoms with van der Waals surface area (Å²) in [5.74, 6) is -0.0875. The Hall–Kier alpha value is -2.51. The molecule has 1 aromatic heterocycles. The van der Waals surface area contributed by atoms with Gasteiger partial charge in [0.2, 0.25) is 0 Å². The van der Waals surface area contributed by atoms with Gasteiger partial charge in [0.25, 0.3) is 0 Å². The largest absolute Gasteiger partial charge is 0.466 e. The first-order valence-electron chi connectivity index (χ1n) is 25.9. The predicted octanol–water partition coefficient (Wildman–Crippen LogP) is 15.3. The molecule has 0 aliphatic rings. The Balaban J connectivity index is 2.29. The maximum Gasteiger partial charge on any atom is 0.306 e. The van der Waals surface area contributed by atoms with E-state index < -0.39 is 6.10 Å². The fraction of sp³-hybridized carbons (Fsp3) is 0.796. The summed E-state index contributed by atoms with van der Waals surface area (Å²) in [6.07, 6.45) is 50.3. The molecule has 0 aliphatic carbocycles. The minimum Gasteiger partial charge on any atom is -0.466 e. The van der Waals surface area contributed by atoms with Crippen LogP contribution in [0.4, 0.5) is 0 Å². The number of hydrogen-bond donors (Lipinski definition) is 1. The van der Waals surface area contributed by atoms with Crippen molar-refractivity contribution in [3.05, 3.63) is 54.4 Å². The van der Waals surface area contributed by atoms with Gasteiger partial charge in [0.05, 0.1) is 12.7 Å². The van der Waals surface area contributed by atoms with E-state index in [2.05, 4.69) is 55.0 Å². The van der Waals surface area contributed by atoms with Crippen molar-refractivity contribution in [1.82, 2.24) is 9.88 Å². The first kappa shape index (κ1) is 56.5. The lowest BCUT2D eigenvalue weighted by Gasteiger charge is -2.25. The quantitative estimate of drug-likeness (QED) is 0.0397. The fourth-order valence-corrected chi connectivity index (χ4v) is 7.95. The Labute approximate surface area is 376 Å². The second-order valence-corrected chi connectivity index (χ2v) is 17.7. The average Bonchev–Trinajstić information content (AvgIpc) is 3.26. The Kier molecular flexibility index (Phi) is 40.9. The minimum atomic E-state index is -0.568. The van der Waals surface area contributed by atoms with Crippen LogP contribution in [0.25, 0.3) is 0 Å². The predicted molar refractivity (Wildman–Crippen MR) is 259 cm³/mol. The molecule has 61 heavy (non-hydrogen) atoms. The third-order valence-corrected chi connectivity index (χ3v) is 11.9. The van der Waals surface area contributed by atoms with Gasteiger partial charge in [-0.05, 0) is 121 Å². The molecule has 0 spiro atoms. The van der Waals surface area contributed by atoms with E-state index in [1.165, 1.54) is 122 Å². The molecule has 7 heteroatoms. The number of ether oxygens (including phenoxy) is 2. The molecule has 0 bridgehead atoms. The number of carbonyl (C=O) groups is 2. The van der Waals surface area contributed by atoms with E-state index in [1.807, 2.05) is 12.1 Å². The molecule has 0 saturated heterocycles. The van der Waals surface area contributed by atoms with E-state index in [4.69, 9.17) is 9.47 Å². The Bertz CT molecular complexity index is 1140. The maximum atomic E-state index is 12.8. The number of carbonyl (C=O) groups excluding carboxylic acids is 2. The van der Waals surface area contributed by atoms with Crippen LogP contribution in [0.2, 0.25) is 0 Å². The highest BCUT2D eigenvalue weighted by Crippen LogP contribution is 2.19. The molecule has 1 N–H and O–H groups in total. The van der Waals surface area contributed by atoms with Crippen LogP contribution in [0.5, 0.6) is 0 Å². The van der Waals surface area contributed by atoms with Crippen LogP contribution >= 0.6 is 0 Å². The lowest BCUT2D eigenvalue weighted by atomic mass is 10.0. The topological polar surface area (TPSA) is 89.0 Å². The third-order valence-electron chi connectivity index (χ3n) is 11.9. The molecular weight excluding hydrogens is 757 g/mol. The van der Waals surface area contributed by atoms with E-state index in [0.717, 1.165) is 102 Å². The number of aliphatic hydroxyl groups is 1. The van der Waals surface area contributed by atoms with Gasteiger partial charge in [-0.3, -0.25) is 14.6 Å². The summed E-state index contributed by atoms with van der Waals surface area (Å²) in [4.78, 5) is 31.6. The minimum absolute atomic E-state index is 0.00885. The van der Waals surface area contributed by atoms with Crippen molar-refractivity contribution >= 4 is 11.9 Å². The molecule has 1 unspecified atom stereocenters. The van der Waals surface area contributed by atoms with E-state index in [0.29, 0.717) is 26.0 Å². The molecule has 0 fully saturated rings. The number of allylic oxidation sites excluding steroid dienone is 4. The molecule has 0 aromatic carbocycles. The number of aromatic nitrogens is 1. The maximum absolute atomic E-state index is 12.8. The van der Waals surface area contributed by atoms with E-state index >= 15 is 0 Å². The van der Waals surface area contributed by atoms with Crippen molar-refractivity contribution in [2.24, 2.45) is 0 Å². The molecule has 1 atom stereocenters. The number of rotatable bonds is 45. The Morgan fingerprint density at radius 3 is 1.62 bits per heavy atom. The second kappa shape index (κ2) is 44.1. The highest BCUT2D eigenvalue weighted by Gasteiger charge is 2.16. The number of pyridine rings is 1. The van der Waals surface area contributed by atoms with Crippen LogP contribution in [0.1, 0.15) is 251 Å². The van der Waals surface area contributed by atoms with E-state index in [9.17, 15) is 14.7 Å². The molecule has 0 amide bonds. The summed E-state index contributed by atoms with van der Waals surface area (Å²) in [5.41, 5.74) is 0.885. The van der Waals surface area contributed by atoms with Crippen molar-refractivity contribution in [1.29, 1.82) is 0 Å².